The maximum atomic E-state index is 13.9. The lowest BCUT2D eigenvalue weighted by molar-refractivity contribution is -0.144. The molecule has 0 bridgehead atoms. The fourth-order valence-electron chi connectivity index (χ4n) is 5.44. The summed E-state index contributed by atoms with van der Waals surface area (Å²) in [6.45, 7) is 1.85. The predicted molar refractivity (Wildman–Crippen MR) is 158 cm³/mol. The van der Waals surface area contributed by atoms with Gasteiger partial charge in [-0.15, -0.1) is 0 Å². The molecule has 2 aromatic rings. The van der Waals surface area contributed by atoms with E-state index < -0.39 is 38.0 Å². The Bertz CT molecular complexity index is 1420. The highest BCUT2D eigenvalue weighted by Crippen LogP contribution is 2.34. The zero-order chi connectivity index (χ0) is 32.6. The summed E-state index contributed by atoms with van der Waals surface area (Å²) in [6, 6.07) is 9.21. The van der Waals surface area contributed by atoms with E-state index in [1.807, 2.05) is 12.1 Å². The number of carbonyl (C=O) groups is 2. The first-order valence-corrected chi connectivity index (χ1v) is 16.4. The number of benzene rings is 1. The molecular weight excluding hydrogens is 616 g/mol. The van der Waals surface area contributed by atoms with Crippen LogP contribution in [-0.2, 0) is 22.0 Å². The largest absolute Gasteiger partial charge is 0.451 e. The van der Waals surface area contributed by atoms with Gasteiger partial charge < -0.3 is 35.5 Å². The number of urea groups is 1. The molecule has 0 spiro atoms. The van der Waals surface area contributed by atoms with Crippen molar-refractivity contribution < 1.29 is 37.1 Å². The number of hydrogen-bond donors (Lipinski definition) is 5. The Balaban J connectivity index is 1.35. The zero-order valence-corrected chi connectivity index (χ0v) is 25.4. The van der Waals surface area contributed by atoms with Crippen LogP contribution in [0.4, 0.5) is 29.6 Å². The second kappa shape index (κ2) is 14.9. The third kappa shape index (κ3) is 10.0. The number of anilines is 2. The summed E-state index contributed by atoms with van der Waals surface area (Å²) < 4.78 is 52.5. The summed E-state index contributed by atoms with van der Waals surface area (Å²) in [5.41, 5.74) is 1.48. The van der Waals surface area contributed by atoms with Crippen molar-refractivity contribution in [2.45, 2.75) is 50.7 Å². The molecule has 45 heavy (non-hydrogen) atoms. The Labute approximate surface area is 258 Å². The van der Waals surface area contributed by atoms with Crippen molar-refractivity contribution in [2.24, 2.45) is 5.92 Å². The number of nitrogens with one attached hydrogen (secondary N) is 3. The molecule has 3 heterocycles. The number of piperidine rings is 1. The SMILES string of the molecule is N#Cc1ccc(CCNC(=O)C2CCCN2c2cc(N3CCC(CCNC(=O)NCP(=O)(O)O)CC3)nc(C(F)(F)F)n2)cc1. The first-order chi connectivity index (χ1) is 21.3. The Morgan fingerprint density at radius 1 is 1.00 bits per heavy atom. The molecule has 4 rings (SSSR count). The summed E-state index contributed by atoms with van der Waals surface area (Å²) in [5, 5.41) is 16.5. The lowest BCUT2D eigenvalue weighted by Gasteiger charge is -2.34. The number of nitriles is 1. The number of halogens is 3. The van der Waals surface area contributed by atoms with Gasteiger partial charge >= 0.3 is 19.8 Å². The van der Waals surface area contributed by atoms with Gasteiger partial charge in [0.2, 0.25) is 11.7 Å². The van der Waals surface area contributed by atoms with Crippen LogP contribution in [0.5, 0.6) is 0 Å². The molecule has 2 saturated heterocycles. The van der Waals surface area contributed by atoms with Crippen LogP contribution in [0.25, 0.3) is 0 Å². The van der Waals surface area contributed by atoms with Gasteiger partial charge in [-0.2, -0.15) is 18.4 Å². The molecule has 5 N–H and O–H groups in total. The second-order valence-corrected chi connectivity index (χ2v) is 12.7. The molecule has 13 nitrogen and oxygen atoms in total. The van der Waals surface area contributed by atoms with E-state index in [0.29, 0.717) is 70.3 Å². The van der Waals surface area contributed by atoms with Crippen molar-refractivity contribution in [3.8, 4) is 6.07 Å². The highest BCUT2D eigenvalue weighted by atomic mass is 31.2. The number of aromatic nitrogens is 2. The van der Waals surface area contributed by atoms with Gasteiger partial charge in [0.15, 0.2) is 0 Å². The summed E-state index contributed by atoms with van der Waals surface area (Å²) >= 11 is 0. The minimum atomic E-state index is -4.78. The number of nitrogens with zero attached hydrogens (tertiary/aromatic N) is 5. The topological polar surface area (TPSA) is 184 Å². The van der Waals surface area contributed by atoms with Crippen molar-refractivity contribution in [3.63, 3.8) is 0 Å². The van der Waals surface area contributed by atoms with Crippen LogP contribution in [0.15, 0.2) is 30.3 Å². The lowest BCUT2D eigenvalue weighted by atomic mass is 9.93. The summed E-state index contributed by atoms with van der Waals surface area (Å²) in [6.07, 6.45) is -2.05. The molecule has 0 aliphatic carbocycles. The molecular formula is C28H36F3N8O5P. The van der Waals surface area contributed by atoms with E-state index in [2.05, 4.69) is 32.0 Å². The Kier molecular flexibility index (Phi) is 11.2. The molecule has 3 amide bonds. The van der Waals surface area contributed by atoms with Gasteiger partial charge in [-0.1, -0.05) is 12.1 Å². The molecule has 1 aromatic heterocycles. The normalized spacial score (nSPS) is 17.6. The smallest absolute Gasteiger partial charge is 0.356 e. The Hall–Kier alpha value is -3.93. The molecule has 2 fully saturated rings. The monoisotopic (exact) mass is 652 g/mol. The Morgan fingerprint density at radius 3 is 2.33 bits per heavy atom. The van der Waals surface area contributed by atoms with E-state index >= 15 is 0 Å². The lowest BCUT2D eigenvalue weighted by Crippen LogP contribution is -2.44. The van der Waals surface area contributed by atoms with E-state index in [-0.39, 0.29) is 30.0 Å². The molecule has 244 valence electrons. The third-order valence-corrected chi connectivity index (χ3v) is 8.39. The average molecular weight is 653 g/mol. The van der Waals surface area contributed by atoms with Crippen molar-refractivity contribution in [2.75, 3.05) is 48.8 Å². The van der Waals surface area contributed by atoms with Crippen molar-refractivity contribution in [3.05, 3.63) is 47.3 Å². The van der Waals surface area contributed by atoms with Crippen LogP contribution in [0.1, 0.15) is 49.1 Å². The zero-order valence-electron chi connectivity index (χ0n) is 24.5. The fraction of sp³-hybridized carbons (Fsp3) is 0.536. The number of carbonyl (C=O) groups excluding carboxylic acids is 2. The second-order valence-electron chi connectivity index (χ2n) is 11.1. The molecule has 1 unspecified atom stereocenters. The van der Waals surface area contributed by atoms with Gasteiger partial charge in [-0.05, 0) is 62.1 Å². The number of alkyl halides is 3. The third-order valence-electron chi connectivity index (χ3n) is 7.82. The van der Waals surface area contributed by atoms with Gasteiger partial charge in [0.25, 0.3) is 0 Å². The summed E-state index contributed by atoms with van der Waals surface area (Å²) in [5.74, 6) is -1.20. The summed E-state index contributed by atoms with van der Waals surface area (Å²) in [4.78, 5) is 53.5. The van der Waals surface area contributed by atoms with Crippen LogP contribution in [-0.4, -0.2) is 76.7 Å². The van der Waals surface area contributed by atoms with Crippen molar-refractivity contribution >= 4 is 31.2 Å². The average Bonchev–Trinajstić information content (AvgIpc) is 3.50. The van der Waals surface area contributed by atoms with Gasteiger partial charge in [0.05, 0.1) is 11.6 Å². The standard InChI is InChI=1S/C28H36F3N8O5P/c29-28(30,31)26-36-23(38-14-9-20(10-15-38)8-12-34-27(41)35-18-45(42,43)44)16-24(37-26)39-13-1-2-22(39)25(40)33-11-7-19-3-5-21(17-32)6-4-19/h3-6,16,20,22H,1-2,7-15,18H2,(H,33,40)(H2,34,35,41)(H2,42,43,44). The van der Waals surface area contributed by atoms with Gasteiger partial charge in [-0.3, -0.25) is 9.36 Å². The number of rotatable bonds is 11. The highest BCUT2D eigenvalue weighted by molar-refractivity contribution is 7.51. The van der Waals surface area contributed by atoms with E-state index in [0.717, 1.165) is 5.56 Å². The van der Waals surface area contributed by atoms with Crippen LogP contribution >= 0.6 is 7.60 Å². The van der Waals surface area contributed by atoms with Crippen molar-refractivity contribution in [1.29, 1.82) is 5.26 Å². The van der Waals surface area contributed by atoms with Crippen LogP contribution in [0.2, 0.25) is 0 Å². The van der Waals surface area contributed by atoms with E-state index in [4.69, 9.17) is 15.0 Å². The fourth-order valence-corrected chi connectivity index (χ4v) is 5.79. The first kappa shape index (κ1) is 34.0. The van der Waals surface area contributed by atoms with Crippen molar-refractivity contribution in [1.82, 2.24) is 25.9 Å². The van der Waals surface area contributed by atoms with E-state index in [1.54, 1.807) is 21.9 Å². The maximum absolute atomic E-state index is 13.9. The molecule has 1 atom stereocenters. The molecule has 0 radical (unpaired) electrons. The molecule has 0 saturated carbocycles. The van der Waals surface area contributed by atoms with Gasteiger partial charge in [0.1, 0.15) is 24.0 Å². The molecule has 2 aliphatic heterocycles. The van der Waals surface area contributed by atoms with E-state index in [9.17, 15) is 27.3 Å². The number of amides is 3. The van der Waals surface area contributed by atoms with Crippen LogP contribution in [0, 0.1) is 17.2 Å². The van der Waals surface area contributed by atoms with E-state index in [1.165, 1.54) is 6.07 Å². The summed E-state index contributed by atoms with van der Waals surface area (Å²) in [7, 11) is -4.35. The van der Waals surface area contributed by atoms with Gasteiger partial charge in [-0.25, -0.2) is 14.8 Å². The predicted octanol–water partition coefficient (Wildman–Crippen LogP) is 2.74. The van der Waals surface area contributed by atoms with Crippen LogP contribution < -0.4 is 25.8 Å². The molecule has 2 aliphatic rings. The minimum Gasteiger partial charge on any atom is -0.356 e. The quantitative estimate of drug-likeness (QED) is 0.226. The molecule has 1 aromatic carbocycles. The van der Waals surface area contributed by atoms with Gasteiger partial charge in [0, 0.05) is 38.8 Å². The first-order valence-electron chi connectivity index (χ1n) is 14.6. The highest BCUT2D eigenvalue weighted by Gasteiger charge is 2.39. The maximum Gasteiger partial charge on any atom is 0.451 e. The number of hydrogen-bond acceptors (Lipinski definition) is 8. The Morgan fingerprint density at radius 2 is 1.69 bits per heavy atom. The minimum absolute atomic E-state index is 0.0460. The van der Waals surface area contributed by atoms with Crippen LogP contribution in [0.3, 0.4) is 0 Å². The molecule has 17 heteroatoms.